The van der Waals surface area contributed by atoms with Crippen LogP contribution >= 0.6 is 0 Å². The predicted molar refractivity (Wildman–Crippen MR) is 75.5 cm³/mol. The van der Waals surface area contributed by atoms with E-state index in [0.717, 1.165) is 27.6 Å². The van der Waals surface area contributed by atoms with Crippen molar-refractivity contribution < 1.29 is 5.11 Å². The molecule has 0 heterocycles. The maximum atomic E-state index is 9.81. The molecule has 0 bridgehead atoms. The van der Waals surface area contributed by atoms with Gasteiger partial charge in [-0.3, -0.25) is 0 Å². The summed E-state index contributed by atoms with van der Waals surface area (Å²) < 4.78 is 0. The Hall–Kier alpha value is -2.48. The van der Waals surface area contributed by atoms with Crippen molar-refractivity contribution >= 4 is 16.5 Å². The number of aromatic hydroxyl groups is 1. The minimum Gasteiger partial charge on any atom is -0.508 e. The van der Waals surface area contributed by atoms with Crippen molar-refractivity contribution in [3.63, 3.8) is 0 Å². The molecule has 88 valence electrons. The lowest BCUT2D eigenvalue weighted by Crippen LogP contribution is -1.86. The van der Waals surface area contributed by atoms with E-state index in [1.807, 2.05) is 48.5 Å². The van der Waals surface area contributed by atoms with Crippen LogP contribution in [0.1, 0.15) is 0 Å². The summed E-state index contributed by atoms with van der Waals surface area (Å²) >= 11 is 0. The number of hydrogen-bond acceptors (Lipinski definition) is 2. The fourth-order valence-corrected chi connectivity index (χ4v) is 2.24. The molecule has 0 spiro atoms. The van der Waals surface area contributed by atoms with Gasteiger partial charge in [-0.25, -0.2) is 0 Å². The van der Waals surface area contributed by atoms with Crippen molar-refractivity contribution in [3.05, 3.63) is 60.7 Å². The molecule has 3 rings (SSSR count). The largest absolute Gasteiger partial charge is 0.508 e. The third kappa shape index (κ3) is 1.78. The van der Waals surface area contributed by atoms with Gasteiger partial charge in [0.15, 0.2) is 0 Å². The van der Waals surface area contributed by atoms with Crippen LogP contribution in [0.3, 0.4) is 0 Å². The van der Waals surface area contributed by atoms with Gasteiger partial charge in [-0.05, 0) is 46.2 Å². The Balaban J connectivity index is 2.34. The summed E-state index contributed by atoms with van der Waals surface area (Å²) in [5.74, 6) is 0.270. The van der Waals surface area contributed by atoms with Gasteiger partial charge in [0, 0.05) is 5.69 Å². The van der Waals surface area contributed by atoms with Crippen LogP contribution in [0.25, 0.3) is 21.9 Å². The second-order valence-corrected chi connectivity index (χ2v) is 4.34. The number of nitrogen functional groups attached to an aromatic ring is 1. The van der Waals surface area contributed by atoms with Crippen LogP contribution in [0.2, 0.25) is 0 Å². The highest BCUT2D eigenvalue weighted by molar-refractivity contribution is 5.98. The first-order valence-electron chi connectivity index (χ1n) is 5.82. The Kier molecular flexibility index (Phi) is 2.41. The quantitative estimate of drug-likeness (QED) is 0.630. The van der Waals surface area contributed by atoms with Crippen LogP contribution < -0.4 is 5.73 Å². The minimum atomic E-state index is 0.270. The van der Waals surface area contributed by atoms with Gasteiger partial charge in [0.1, 0.15) is 5.75 Å². The van der Waals surface area contributed by atoms with Crippen LogP contribution in [-0.4, -0.2) is 5.11 Å². The van der Waals surface area contributed by atoms with Crippen molar-refractivity contribution in [1.82, 2.24) is 0 Å². The van der Waals surface area contributed by atoms with E-state index in [9.17, 15) is 5.11 Å². The summed E-state index contributed by atoms with van der Waals surface area (Å²) in [5, 5.41) is 11.9. The molecule has 18 heavy (non-hydrogen) atoms. The van der Waals surface area contributed by atoms with Crippen molar-refractivity contribution in [2.75, 3.05) is 5.73 Å². The van der Waals surface area contributed by atoms with E-state index in [1.165, 1.54) is 0 Å². The molecule has 0 fully saturated rings. The van der Waals surface area contributed by atoms with Gasteiger partial charge in [0.25, 0.3) is 0 Å². The first kappa shape index (κ1) is 10.7. The molecule has 3 aromatic carbocycles. The molecule has 0 aliphatic heterocycles. The lowest BCUT2D eigenvalue weighted by Gasteiger charge is -2.08. The van der Waals surface area contributed by atoms with E-state index in [2.05, 4.69) is 0 Å². The van der Waals surface area contributed by atoms with E-state index in [-0.39, 0.29) is 5.75 Å². The topological polar surface area (TPSA) is 46.2 Å². The molecule has 0 saturated carbocycles. The Morgan fingerprint density at radius 3 is 2.50 bits per heavy atom. The van der Waals surface area contributed by atoms with Gasteiger partial charge in [-0.15, -0.1) is 0 Å². The molecular weight excluding hydrogens is 222 g/mol. The Bertz CT molecular complexity index is 719. The number of anilines is 1. The van der Waals surface area contributed by atoms with Gasteiger partial charge in [-0.2, -0.15) is 0 Å². The van der Waals surface area contributed by atoms with Crippen LogP contribution in [0.4, 0.5) is 5.69 Å². The highest BCUT2D eigenvalue weighted by Gasteiger charge is 2.06. The number of phenols is 1. The maximum absolute atomic E-state index is 9.81. The van der Waals surface area contributed by atoms with Gasteiger partial charge in [-0.1, -0.05) is 36.4 Å². The van der Waals surface area contributed by atoms with E-state index in [4.69, 9.17) is 5.73 Å². The molecule has 0 atom stereocenters. The fourth-order valence-electron chi connectivity index (χ4n) is 2.24. The van der Waals surface area contributed by atoms with Crippen LogP contribution in [0.5, 0.6) is 5.75 Å². The summed E-state index contributed by atoms with van der Waals surface area (Å²) in [4.78, 5) is 0. The molecule has 3 aromatic rings. The second-order valence-electron chi connectivity index (χ2n) is 4.34. The molecule has 0 unspecified atom stereocenters. The molecule has 0 saturated heterocycles. The molecule has 0 aliphatic carbocycles. The smallest absolute Gasteiger partial charge is 0.116 e. The van der Waals surface area contributed by atoms with Crippen LogP contribution in [0, 0.1) is 0 Å². The molecule has 3 N–H and O–H groups in total. The molecule has 0 aliphatic rings. The number of benzene rings is 3. The predicted octanol–water partition coefficient (Wildman–Crippen LogP) is 3.79. The number of phenolic OH excluding ortho intramolecular Hbond substituents is 1. The molecule has 0 amide bonds. The van der Waals surface area contributed by atoms with Crippen molar-refractivity contribution in [1.29, 1.82) is 0 Å². The third-order valence-corrected chi connectivity index (χ3v) is 3.04. The van der Waals surface area contributed by atoms with E-state index < -0.39 is 0 Å². The Morgan fingerprint density at radius 1 is 0.833 bits per heavy atom. The Morgan fingerprint density at radius 2 is 1.67 bits per heavy atom. The number of rotatable bonds is 1. The molecule has 0 radical (unpaired) electrons. The number of fused-ring (bicyclic) bond motifs is 1. The zero-order valence-corrected chi connectivity index (χ0v) is 9.80. The summed E-state index contributed by atoms with van der Waals surface area (Å²) in [6.45, 7) is 0. The highest BCUT2D eigenvalue weighted by Crippen LogP contribution is 2.33. The van der Waals surface area contributed by atoms with Crippen molar-refractivity contribution in [3.8, 4) is 16.9 Å². The zero-order chi connectivity index (χ0) is 12.5. The van der Waals surface area contributed by atoms with Crippen molar-refractivity contribution in [2.45, 2.75) is 0 Å². The lowest BCUT2D eigenvalue weighted by atomic mass is 9.97. The number of hydrogen-bond donors (Lipinski definition) is 2. The van der Waals surface area contributed by atoms with Gasteiger partial charge >= 0.3 is 0 Å². The normalized spacial score (nSPS) is 10.7. The van der Waals surface area contributed by atoms with E-state index in [1.54, 1.807) is 12.1 Å². The number of nitrogens with two attached hydrogens (primary N) is 1. The van der Waals surface area contributed by atoms with Gasteiger partial charge in [0.05, 0.1) is 0 Å². The average molecular weight is 235 g/mol. The second kappa shape index (κ2) is 4.08. The summed E-state index contributed by atoms with van der Waals surface area (Å²) in [7, 11) is 0. The average Bonchev–Trinajstić information content (AvgIpc) is 2.37. The van der Waals surface area contributed by atoms with Crippen LogP contribution in [-0.2, 0) is 0 Å². The lowest BCUT2D eigenvalue weighted by molar-refractivity contribution is 0.476. The summed E-state index contributed by atoms with van der Waals surface area (Å²) in [6.07, 6.45) is 0. The first-order valence-corrected chi connectivity index (χ1v) is 5.82. The third-order valence-electron chi connectivity index (χ3n) is 3.04. The maximum Gasteiger partial charge on any atom is 0.116 e. The van der Waals surface area contributed by atoms with Gasteiger partial charge < -0.3 is 10.8 Å². The standard InChI is InChI=1S/C16H13NO/c17-13-6-3-5-11(8-13)16-10-14(18)9-12-4-1-2-7-15(12)16/h1-10,18H,17H2. The summed E-state index contributed by atoms with van der Waals surface area (Å²) in [6, 6.07) is 19.2. The summed E-state index contributed by atoms with van der Waals surface area (Å²) in [5.41, 5.74) is 8.55. The Labute approximate surface area is 105 Å². The SMILES string of the molecule is Nc1cccc(-c2cc(O)cc3ccccc23)c1. The molecule has 2 nitrogen and oxygen atoms in total. The minimum absolute atomic E-state index is 0.270. The van der Waals surface area contributed by atoms with Crippen LogP contribution in [0.15, 0.2) is 60.7 Å². The molecular formula is C16H13NO. The monoisotopic (exact) mass is 235 g/mol. The van der Waals surface area contributed by atoms with E-state index >= 15 is 0 Å². The first-order chi connectivity index (χ1) is 8.74. The van der Waals surface area contributed by atoms with Crippen molar-refractivity contribution in [2.24, 2.45) is 0 Å². The fraction of sp³-hybridized carbons (Fsp3) is 0. The van der Waals surface area contributed by atoms with Gasteiger partial charge in [0.2, 0.25) is 0 Å². The van der Waals surface area contributed by atoms with E-state index in [0.29, 0.717) is 0 Å². The molecule has 0 aromatic heterocycles. The molecule has 2 heteroatoms. The zero-order valence-electron chi connectivity index (χ0n) is 9.80. The highest BCUT2D eigenvalue weighted by atomic mass is 16.3.